The van der Waals surface area contributed by atoms with Gasteiger partial charge in [0.1, 0.15) is 16.7 Å². The second kappa shape index (κ2) is 9.66. The van der Waals surface area contributed by atoms with Gasteiger partial charge in [0.25, 0.3) is 0 Å². The van der Waals surface area contributed by atoms with Gasteiger partial charge in [0.05, 0.1) is 0 Å². The van der Waals surface area contributed by atoms with E-state index in [1.807, 2.05) is 24.3 Å². The summed E-state index contributed by atoms with van der Waals surface area (Å²) >= 11 is 0. The predicted octanol–water partition coefficient (Wildman–Crippen LogP) is 9.75. The number of para-hydroxylation sites is 2. The average Bonchev–Trinajstić information content (AvgIpc) is 3.52. The van der Waals surface area contributed by atoms with Crippen LogP contribution in [0.1, 0.15) is 50.7 Å². The van der Waals surface area contributed by atoms with Gasteiger partial charge in [0.2, 0.25) is 5.89 Å². The van der Waals surface area contributed by atoms with Crippen molar-refractivity contribution in [2.45, 2.75) is 52.4 Å². The van der Waals surface area contributed by atoms with Crippen LogP contribution >= 0.6 is 0 Å². The fourth-order valence-electron chi connectivity index (χ4n) is 5.05. The number of hydrogen-bond acceptors (Lipinski definition) is 3. The first-order chi connectivity index (χ1) is 17.7. The van der Waals surface area contributed by atoms with Crippen molar-refractivity contribution < 1.29 is 8.83 Å². The van der Waals surface area contributed by atoms with Crippen molar-refractivity contribution in [2.75, 3.05) is 0 Å². The van der Waals surface area contributed by atoms with Gasteiger partial charge in [0, 0.05) is 21.9 Å². The lowest BCUT2D eigenvalue weighted by Gasteiger charge is -2.08. The largest absolute Gasteiger partial charge is 0.455 e. The molecule has 4 aromatic carbocycles. The molecule has 6 aromatic rings. The number of benzene rings is 4. The quantitative estimate of drug-likeness (QED) is 0.221. The summed E-state index contributed by atoms with van der Waals surface area (Å²) < 4.78 is 12.5. The van der Waals surface area contributed by atoms with Crippen molar-refractivity contribution >= 4 is 33.0 Å². The molecule has 0 bridgehead atoms. The molecule has 0 aliphatic carbocycles. The third kappa shape index (κ3) is 4.19. The van der Waals surface area contributed by atoms with Gasteiger partial charge >= 0.3 is 0 Å². The van der Waals surface area contributed by atoms with Crippen LogP contribution in [0, 0.1) is 0 Å². The van der Waals surface area contributed by atoms with Crippen LogP contribution in [0.5, 0.6) is 0 Å². The molecule has 6 rings (SSSR count). The van der Waals surface area contributed by atoms with E-state index in [0.717, 1.165) is 51.8 Å². The molecular formula is C33H31NO2. The van der Waals surface area contributed by atoms with Crippen LogP contribution in [0.2, 0.25) is 0 Å². The van der Waals surface area contributed by atoms with Crippen LogP contribution in [0.15, 0.2) is 87.7 Å². The summed E-state index contributed by atoms with van der Waals surface area (Å²) in [6.07, 6.45) is 6.95. The molecular weight excluding hydrogens is 442 g/mol. The summed E-state index contributed by atoms with van der Waals surface area (Å²) in [6.45, 7) is 4.49. The molecule has 0 unspecified atom stereocenters. The Bertz CT molecular complexity index is 1620. The maximum absolute atomic E-state index is 6.48. The smallest absolute Gasteiger partial charge is 0.227 e. The highest BCUT2D eigenvalue weighted by atomic mass is 16.3. The van der Waals surface area contributed by atoms with Crippen molar-refractivity contribution in [3.8, 4) is 22.6 Å². The van der Waals surface area contributed by atoms with Gasteiger partial charge in [-0.05, 0) is 90.9 Å². The molecule has 0 saturated carbocycles. The van der Waals surface area contributed by atoms with Crippen molar-refractivity contribution in [1.82, 2.24) is 4.98 Å². The minimum absolute atomic E-state index is 0.646. The number of nitrogens with zero attached hydrogens (tertiary/aromatic N) is 1. The van der Waals surface area contributed by atoms with Gasteiger partial charge < -0.3 is 8.83 Å². The predicted molar refractivity (Wildman–Crippen MR) is 149 cm³/mol. The fraction of sp³-hybridized carbons (Fsp3) is 0.242. The van der Waals surface area contributed by atoms with Gasteiger partial charge in [-0.3, -0.25) is 0 Å². The summed E-state index contributed by atoms with van der Waals surface area (Å²) in [4.78, 5) is 4.66. The number of furan rings is 1. The molecule has 0 radical (unpaired) electrons. The second-order valence-corrected chi connectivity index (χ2v) is 9.72. The van der Waals surface area contributed by atoms with Gasteiger partial charge in [0.15, 0.2) is 5.58 Å². The number of aromatic nitrogens is 1. The van der Waals surface area contributed by atoms with E-state index in [9.17, 15) is 0 Å². The lowest BCUT2D eigenvalue weighted by molar-refractivity contribution is 0.620. The van der Waals surface area contributed by atoms with Crippen LogP contribution in [0.3, 0.4) is 0 Å². The Kier molecular flexibility index (Phi) is 6.06. The van der Waals surface area contributed by atoms with Crippen molar-refractivity contribution in [2.24, 2.45) is 0 Å². The van der Waals surface area contributed by atoms with Crippen LogP contribution in [-0.2, 0) is 12.8 Å². The molecule has 36 heavy (non-hydrogen) atoms. The molecule has 3 heteroatoms. The highest BCUT2D eigenvalue weighted by molar-refractivity contribution is 6.10. The van der Waals surface area contributed by atoms with E-state index in [0.29, 0.717) is 5.89 Å². The zero-order valence-electron chi connectivity index (χ0n) is 21.0. The van der Waals surface area contributed by atoms with E-state index in [1.54, 1.807) is 0 Å². The molecule has 180 valence electrons. The SMILES string of the molecule is CCCCc1ccc2oc3c(-c4ccc(-c5nc6ccccc6o5)cc4)cc(CCCC)cc3c2c1. The summed E-state index contributed by atoms with van der Waals surface area (Å²) in [7, 11) is 0. The Hall–Kier alpha value is -3.85. The first-order valence-corrected chi connectivity index (χ1v) is 13.2. The zero-order chi connectivity index (χ0) is 24.5. The van der Waals surface area contributed by atoms with Gasteiger partial charge in [-0.15, -0.1) is 0 Å². The van der Waals surface area contributed by atoms with Crippen molar-refractivity contribution in [1.29, 1.82) is 0 Å². The summed E-state index contributed by atoms with van der Waals surface area (Å²) in [5.74, 6) is 0.646. The lowest BCUT2D eigenvalue weighted by Crippen LogP contribution is -1.88. The van der Waals surface area contributed by atoms with Gasteiger partial charge in [-0.2, -0.15) is 0 Å². The van der Waals surface area contributed by atoms with E-state index in [1.165, 1.54) is 47.6 Å². The van der Waals surface area contributed by atoms with Gasteiger partial charge in [-0.25, -0.2) is 4.98 Å². The van der Waals surface area contributed by atoms with E-state index in [2.05, 4.69) is 73.4 Å². The standard InChI is InChI=1S/C33H31NO2/c1-3-5-9-22-13-18-30-27(19-22)28-21-23(10-6-4-2)20-26(32(28)35-30)24-14-16-25(17-15-24)33-34-29-11-7-8-12-31(29)36-33/h7-8,11-21H,3-6,9-10H2,1-2H3. The van der Waals surface area contributed by atoms with E-state index in [-0.39, 0.29) is 0 Å². The number of oxazole rings is 1. The molecule has 2 aromatic heterocycles. The fourth-order valence-corrected chi connectivity index (χ4v) is 5.05. The molecule has 0 N–H and O–H groups in total. The normalized spacial score (nSPS) is 11.7. The van der Waals surface area contributed by atoms with Gasteiger partial charge in [-0.1, -0.05) is 57.0 Å². The summed E-state index contributed by atoms with van der Waals surface area (Å²) in [5.41, 5.74) is 9.62. The Morgan fingerprint density at radius 3 is 2.14 bits per heavy atom. The van der Waals surface area contributed by atoms with Crippen LogP contribution in [0.4, 0.5) is 0 Å². The molecule has 0 aliphatic heterocycles. The molecule has 0 amide bonds. The summed E-state index contributed by atoms with van der Waals surface area (Å²) in [5, 5.41) is 2.44. The number of rotatable bonds is 8. The maximum atomic E-state index is 6.48. The number of fused-ring (bicyclic) bond motifs is 4. The third-order valence-electron chi connectivity index (χ3n) is 7.07. The monoisotopic (exact) mass is 473 g/mol. The highest BCUT2D eigenvalue weighted by Gasteiger charge is 2.16. The minimum atomic E-state index is 0.646. The molecule has 2 heterocycles. The second-order valence-electron chi connectivity index (χ2n) is 9.72. The van der Waals surface area contributed by atoms with Crippen molar-refractivity contribution in [3.63, 3.8) is 0 Å². The zero-order valence-corrected chi connectivity index (χ0v) is 21.0. The highest BCUT2D eigenvalue weighted by Crippen LogP contribution is 2.38. The molecule has 0 atom stereocenters. The Labute approximate surface area is 211 Å². The minimum Gasteiger partial charge on any atom is -0.455 e. The molecule has 0 aliphatic rings. The summed E-state index contributed by atoms with van der Waals surface area (Å²) in [6, 6.07) is 27.7. The van der Waals surface area contributed by atoms with E-state index >= 15 is 0 Å². The maximum Gasteiger partial charge on any atom is 0.227 e. The molecule has 3 nitrogen and oxygen atoms in total. The van der Waals surface area contributed by atoms with Crippen LogP contribution in [-0.4, -0.2) is 4.98 Å². The lowest BCUT2D eigenvalue weighted by atomic mass is 9.96. The van der Waals surface area contributed by atoms with Crippen LogP contribution in [0.25, 0.3) is 55.6 Å². The number of aryl methyl sites for hydroxylation is 2. The van der Waals surface area contributed by atoms with Crippen LogP contribution < -0.4 is 0 Å². The molecule has 0 spiro atoms. The molecule has 0 saturated heterocycles. The molecule has 0 fully saturated rings. The van der Waals surface area contributed by atoms with E-state index in [4.69, 9.17) is 8.83 Å². The number of unbranched alkanes of at least 4 members (excludes halogenated alkanes) is 2. The Morgan fingerprint density at radius 2 is 1.36 bits per heavy atom. The third-order valence-corrected chi connectivity index (χ3v) is 7.07. The average molecular weight is 474 g/mol. The first kappa shape index (κ1) is 22.6. The first-order valence-electron chi connectivity index (χ1n) is 13.2. The van der Waals surface area contributed by atoms with Crippen molar-refractivity contribution in [3.05, 3.63) is 90.0 Å². The Balaban J connectivity index is 1.45. The number of hydrogen-bond donors (Lipinski definition) is 0. The topological polar surface area (TPSA) is 39.2 Å². The Morgan fingerprint density at radius 1 is 0.639 bits per heavy atom. The van der Waals surface area contributed by atoms with E-state index < -0.39 is 0 Å².